The molecule has 3 atom stereocenters. The number of aromatic nitrogens is 1. The summed E-state index contributed by atoms with van der Waals surface area (Å²) in [5, 5.41) is 19.3. The molecule has 0 aromatic carbocycles. The number of nitrogens with zero attached hydrogens (tertiary/aromatic N) is 2. The van der Waals surface area contributed by atoms with Crippen molar-refractivity contribution >= 4 is 5.91 Å². The third-order valence-electron chi connectivity index (χ3n) is 4.47. The van der Waals surface area contributed by atoms with Crippen LogP contribution in [0.3, 0.4) is 0 Å². The van der Waals surface area contributed by atoms with Crippen LogP contribution in [0.15, 0.2) is 11.0 Å². The molecule has 3 heterocycles. The van der Waals surface area contributed by atoms with E-state index < -0.39 is 16.9 Å². The molecule has 2 aliphatic heterocycles. The summed E-state index contributed by atoms with van der Waals surface area (Å²) in [5.41, 5.74) is -0.904. The van der Waals surface area contributed by atoms with E-state index in [-0.39, 0.29) is 17.6 Å². The first kappa shape index (κ1) is 12.1. The first-order chi connectivity index (χ1) is 8.91. The van der Waals surface area contributed by atoms with Crippen LogP contribution < -0.4 is 5.43 Å². The van der Waals surface area contributed by atoms with E-state index in [1.165, 1.54) is 10.8 Å². The van der Waals surface area contributed by atoms with Gasteiger partial charge in [-0.05, 0) is 11.8 Å². The van der Waals surface area contributed by atoms with Crippen molar-refractivity contribution in [3.8, 4) is 11.5 Å². The topological polar surface area (TPSA) is 82.8 Å². The second kappa shape index (κ2) is 3.76. The minimum Gasteiger partial charge on any atom is -0.503 e. The Morgan fingerprint density at radius 1 is 1.21 bits per heavy atom. The van der Waals surface area contributed by atoms with Crippen LogP contribution >= 0.6 is 0 Å². The molecule has 0 radical (unpaired) electrons. The second-order valence-corrected chi connectivity index (χ2v) is 5.55. The summed E-state index contributed by atoms with van der Waals surface area (Å²) in [7, 11) is 0. The summed E-state index contributed by atoms with van der Waals surface area (Å²) >= 11 is 0. The maximum atomic E-state index is 12.4. The molecule has 1 aromatic rings. The van der Waals surface area contributed by atoms with Crippen molar-refractivity contribution in [1.82, 2.24) is 9.47 Å². The highest BCUT2D eigenvalue weighted by Gasteiger charge is 2.44. The number of hydrogen-bond acceptors (Lipinski definition) is 4. The number of rotatable bonds is 0. The first-order valence-corrected chi connectivity index (χ1v) is 6.38. The largest absolute Gasteiger partial charge is 0.503 e. The third kappa shape index (κ3) is 1.49. The summed E-state index contributed by atoms with van der Waals surface area (Å²) in [6, 6.07) is 0.0521. The lowest BCUT2D eigenvalue weighted by molar-refractivity contribution is 0.0636. The van der Waals surface area contributed by atoms with Crippen LogP contribution in [0.5, 0.6) is 11.5 Å². The van der Waals surface area contributed by atoms with E-state index in [4.69, 9.17) is 0 Å². The molecule has 1 fully saturated rings. The molecule has 6 nitrogen and oxygen atoms in total. The zero-order valence-electron chi connectivity index (χ0n) is 10.8. The molecule has 0 saturated carbocycles. The number of carbonyl (C=O) groups is 1. The third-order valence-corrected chi connectivity index (χ3v) is 4.47. The van der Waals surface area contributed by atoms with Crippen molar-refractivity contribution in [3.63, 3.8) is 0 Å². The van der Waals surface area contributed by atoms with Crippen molar-refractivity contribution in [2.75, 3.05) is 6.54 Å². The number of aromatic hydroxyl groups is 2. The Kier molecular flexibility index (Phi) is 2.39. The van der Waals surface area contributed by atoms with Crippen LogP contribution in [0.1, 0.15) is 24.3 Å². The van der Waals surface area contributed by atoms with E-state index in [0.717, 1.165) is 0 Å². The van der Waals surface area contributed by atoms with E-state index in [9.17, 15) is 19.8 Å². The summed E-state index contributed by atoms with van der Waals surface area (Å²) in [5.74, 6) is -0.786. The molecule has 0 spiro atoms. The van der Waals surface area contributed by atoms with Gasteiger partial charge in [-0.15, -0.1) is 0 Å². The van der Waals surface area contributed by atoms with Crippen molar-refractivity contribution in [1.29, 1.82) is 0 Å². The monoisotopic (exact) mass is 264 g/mol. The number of amides is 1. The Labute approximate surface area is 109 Å². The number of hydrogen-bond donors (Lipinski definition) is 2. The molecular formula is C13H16N2O4. The number of pyridine rings is 1. The standard InChI is InChI=1S/C13H16N2O4/c1-6-3-15-8(7(6)2)4-14-5-9(16)11(17)12(18)10(14)13(15)19/h5-8,16,18H,3-4H2,1-2H3/t6?,7-,8-/m1/s1. The van der Waals surface area contributed by atoms with Crippen LogP contribution in [0.25, 0.3) is 0 Å². The van der Waals surface area contributed by atoms with Crippen molar-refractivity contribution in [2.45, 2.75) is 26.4 Å². The van der Waals surface area contributed by atoms with Crippen LogP contribution in [-0.2, 0) is 6.54 Å². The van der Waals surface area contributed by atoms with Gasteiger partial charge < -0.3 is 19.7 Å². The highest BCUT2D eigenvalue weighted by molar-refractivity contribution is 5.96. The summed E-state index contributed by atoms with van der Waals surface area (Å²) in [4.78, 5) is 25.6. The lowest BCUT2D eigenvalue weighted by Gasteiger charge is -2.34. The molecule has 2 N–H and O–H groups in total. The highest BCUT2D eigenvalue weighted by Crippen LogP contribution is 2.36. The lowest BCUT2D eigenvalue weighted by atomic mass is 9.93. The molecule has 2 aliphatic rings. The van der Waals surface area contributed by atoms with Gasteiger partial charge in [-0.1, -0.05) is 13.8 Å². The van der Waals surface area contributed by atoms with E-state index in [1.54, 1.807) is 4.90 Å². The van der Waals surface area contributed by atoms with Gasteiger partial charge in [0.1, 0.15) is 0 Å². The fourth-order valence-corrected chi connectivity index (χ4v) is 3.11. The molecule has 102 valence electrons. The summed E-state index contributed by atoms with van der Waals surface area (Å²) < 4.78 is 1.49. The average Bonchev–Trinajstić information content (AvgIpc) is 2.64. The van der Waals surface area contributed by atoms with Gasteiger partial charge in [-0.2, -0.15) is 0 Å². The maximum Gasteiger partial charge on any atom is 0.274 e. The van der Waals surface area contributed by atoms with Crippen molar-refractivity contribution in [3.05, 3.63) is 22.1 Å². The van der Waals surface area contributed by atoms with Crippen molar-refractivity contribution < 1.29 is 15.0 Å². The van der Waals surface area contributed by atoms with Crippen molar-refractivity contribution in [2.24, 2.45) is 11.8 Å². The van der Waals surface area contributed by atoms with Gasteiger partial charge in [0.2, 0.25) is 0 Å². The van der Waals surface area contributed by atoms with E-state index in [1.807, 2.05) is 0 Å². The fourth-order valence-electron chi connectivity index (χ4n) is 3.11. The minimum absolute atomic E-state index is 0.0136. The molecule has 3 rings (SSSR count). The average molecular weight is 264 g/mol. The quantitative estimate of drug-likeness (QED) is 0.709. The van der Waals surface area contributed by atoms with Gasteiger partial charge >= 0.3 is 0 Å². The zero-order valence-corrected chi connectivity index (χ0v) is 10.8. The molecule has 1 aromatic heterocycles. The molecule has 0 bridgehead atoms. The van der Waals surface area contributed by atoms with Gasteiger partial charge in [-0.3, -0.25) is 9.59 Å². The summed E-state index contributed by atoms with van der Waals surface area (Å²) in [6.45, 7) is 5.31. The van der Waals surface area contributed by atoms with E-state index in [0.29, 0.717) is 24.9 Å². The molecular weight excluding hydrogens is 248 g/mol. The molecule has 19 heavy (non-hydrogen) atoms. The van der Waals surface area contributed by atoms with Crippen LogP contribution in [0, 0.1) is 11.8 Å². The van der Waals surface area contributed by atoms with Gasteiger partial charge in [0.15, 0.2) is 17.2 Å². The molecule has 6 heteroatoms. The second-order valence-electron chi connectivity index (χ2n) is 5.55. The maximum absolute atomic E-state index is 12.4. The Bertz CT molecular complexity index is 622. The summed E-state index contributed by atoms with van der Waals surface area (Å²) in [6.07, 6.45) is 1.24. The number of carbonyl (C=O) groups excluding carboxylic acids is 1. The van der Waals surface area contributed by atoms with E-state index >= 15 is 0 Å². The van der Waals surface area contributed by atoms with Gasteiger partial charge in [0.05, 0.1) is 12.2 Å². The zero-order chi connectivity index (χ0) is 13.9. The number of fused-ring (bicyclic) bond motifs is 2. The van der Waals surface area contributed by atoms with E-state index in [2.05, 4.69) is 13.8 Å². The Morgan fingerprint density at radius 3 is 2.58 bits per heavy atom. The molecule has 0 aliphatic carbocycles. The molecule has 1 amide bonds. The Balaban J connectivity index is 2.16. The van der Waals surface area contributed by atoms with Gasteiger partial charge in [0, 0.05) is 13.1 Å². The predicted octanol–water partition coefficient (Wildman–Crippen LogP) is 0.370. The van der Waals surface area contributed by atoms with Crippen LogP contribution in [0.2, 0.25) is 0 Å². The van der Waals surface area contributed by atoms with Gasteiger partial charge in [0.25, 0.3) is 11.3 Å². The predicted molar refractivity (Wildman–Crippen MR) is 67.2 cm³/mol. The molecule has 1 unspecified atom stereocenters. The highest BCUT2D eigenvalue weighted by atomic mass is 16.3. The molecule has 1 saturated heterocycles. The van der Waals surface area contributed by atoms with Crippen LogP contribution in [0.4, 0.5) is 0 Å². The Hall–Kier alpha value is -1.98. The minimum atomic E-state index is -0.890. The van der Waals surface area contributed by atoms with Crippen LogP contribution in [-0.4, -0.2) is 38.2 Å². The Morgan fingerprint density at radius 2 is 1.89 bits per heavy atom. The van der Waals surface area contributed by atoms with Gasteiger partial charge in [-0.25, -0.2) is 0 Å². The fraction of sp³-hybridized carbons (Fsp3) is 0.538. The smallest absolute Gasteiger partial charge is 0.274 e. The normalized spacial score (nSPS) is 29.3. The first-order valence-electron chi connectivity index (χ1n) is 6.38. The SMILES string of the molecule is CC1CN2C(=O)c3c(O)c(=O)c(O)cn3C[C@@H]2[C@@H]1C. The lowest BCUT2D eigenvalue weighted by Crippen LogP contribution is -2.46.